The van der Waals surface area contributed by atoms with E-state index in [-0.39, 0.29) is 0 Å². The SMILES string of the molecule is Cc1ccc(NC(=O)CN(c2c(F)cccc2F)S(C)(=O)=O)cc1C. The maximum Gasteiger partial charge on any atom is 0.245 e. The zero-order chi connectivity index (χ0) is 18.8. The van der Waals surface area contributed by atoms with Crippen LogP contribution in [0.3, 0.4) is 0 Å². The minimum absolute atomic E-state index is 0.411. The Kier molecular flexibility index (Phi) is 5.42. The molecule has 1 amide bonds. The summed E-state index contributed by atoms with van der Waals surface area (Å²) in [5.74, 6) is -2.84. The van der Waals surface area contributed by atoms with E-state index in [4.69, 9.17) is 0 Å². The molecule has 2 rings (SSSR count). The molecule has 0 heterocycles. The van der Waals surface area contributed by atoms with E-state index in [0.29, 0.717) is 9.99 Å². The van der Waals surface area contributed by atoms with Crippen LogP contribution in [-0.2, 0) is 14.8 Å². The van der Waals surface area contributed by atoms with Gasteiger partial charge in [0, 0.05) is 5.69 Å². The fourth-order valence-corrected chi connectivity index (χ4v) is 3.10. The number of aryl methyl sites for hydroxylation is 2. The maximum absolute atomic E-state index is 13.9. The van der Waals surface area contributed by atoms with E-state index in [2.05, 4.69) is 5.32 Å². The first kappa shape index (κ1) is 18.9. The fraction of sp³-hybridized carbons (Fsp3) is 0.235. The van der Waals surface area contributed by atoms with Crippen molar-refractivity contribution in [3.05, 3.63) is 59.2 Å². The van der Waals surface area contributed by atoms with Gasteiger partial charge in [0.1, 0.15) is 12.2 Å². The Morgan fingerprint density at radius 3 is 2.20 bits per heavy atom. The van der Waals surface area contributed by atoms with Crippen molar-refractivity contribution in [2.24, 2.45) is 0 Å². The second-order valence-electron chi connectivity index (χ2n) is 5.69. The third-order valence-corrected chi connectivity index (χ3v) is 4.78. The standard InChI is InChI=1S/C17H18F2N2O3S/c1-11-7-8-13(9-12(11)2)20-16(22)10-21(25(3,23)24)17-14(18)5-4-6-15(17)19/h4-9H,10H2,1-3H3,(H,20,22). The molecular formula is C17H18F2N2O3S. The summed E-state index contributed by atoms with van der Waals surface area (Å²) in [6.45, 7) is 3.03. The summed E-state index contributed by atoms with van der Waals surface area (Å²) in [6.07, 6.45) is 0.780. The van der Waals surface area contributed by atoms with Gasteiger partial charge in [-0.2, -0.15) is 0 Å². The lowest BCUT2D eigenvalue weighted by Gasteiger charge is -2.22. The third kappa shape index (κ3) is 4.54. The number of rotatable bonds is 5. The number of hydrogen-bond acceptors (Lipinski definition) is 3. The van der Waals surface area contributed by atoms with Gasteiger partial charge in [-0.15, -0.1) is 0 Å². The molecule has 0 radical (unpaired) electrons. The lowest BCUT2D eigenvalue weighted by Crippen LogP contribution is -2.38. The molecule has 0 aromatic heterocycles. The summed E-state index contributed by atoms with van der Waals surface area (Å²) in [6, 6.07) is 8.16. The Hall–Kier alpha value is -2.48. The minimum atomic E-state index is -4.07. The molecule has 5 nitrogen and oxygen atoms in total. The van der Waals surface area contributed by atoms with Crippen molar-refractivity contribution in [2.45, 2.75) is 13.8 Å². The van der Waals surface area contributed by atoms with Gasteiger partial charge in [0.15, 0.2) is 11.6 Å². The first-order chi connectivity index (χ1) is 11.6. The summed E-state index contributed by atoms with van der Waals surface area (Å²) >= 11 is 0. The molecule has 2 aromatic rings. The lowest BCUT2D eigenvalue weighted by atomic mass is 10.1. The second-order valence-corrected chi connectivity index (χ2v) is 7.59. The quantitative estimate of drug-likeness (QED) is 0.882. The molecule has 0 unspecified atom stereocenters. The number of carbonyl (C=O) groups excluding carboxylic acids is 1. The molecule has 0 bridgehead atoms. The zero-order valence-corrected chi connectivity index (χ0v) is 14.8. The average molecular weight is 368 g/mol. The van der Waals surface area contributed by atoms with Crippen LogP contribution in [-0.4, -0.2) is 27.1 Å². The molecular weight excluding hydrogens is 350 g/mol. The topological polar surface area (TPSA) is 66.5 Å². The number of nitrogens with zero attached hydrogens (tertiary/aromatic N) is 1. The van der Waals surface area contributed by atoms with Crippen LogP contribution < -0.4 is 9.62 Å². The number of amides is 1. The number of nitrogens with one attached hydrogen (secondary N) is 1. The van der Waals surface area contributed by atoms with Crippen LogP contribution in [0.25, 0.3) is 0 Å². The molecule has 0 aliphatic heterocycles. The number of para-hydroxylation sites is 1. The molecule has 25 heavy (non-hydrogen) atoms. The highest BCUT2D eigenvalue weighted by atomic mass is 32.2. The van der Waals surface area contributed by atoms with Crippen molar-refractivity contribution < 1.29 is 22.0 Å². The smallest absolute Gasteiger partial charge is 0.245 e. The highest BCUT2D eigenvalue weighted by molar-refractivity contribution is 7.92. The van der Waals surface area contributed by atoms with E-state index in [1.54, 1.807) is 18.2 Å². The Labute approximate surface area is 145 Å². The van der Waals surface area contributed by atoms with Crippen molar-refractivity contribution in [1.82, 2.24) is 0 Å². The molecule has 134 valence electrons. The molecule has 0 spiro atoms. The molecule has 8 heteroatoms. The summed E-state index contributed by atoms with van der Waals surface area (Å²) < 4.78 is 52.1. The van der Waals surface area contributed by atoms with Gasteiger partial charge < -0.3 is 5.32 Å². The van der Waals surface area contributed by atoms with Crippen molar-refractivity contribution in [3.63, 3.8) is 0 Å². The second kappa shape index (κ2) is 7.18. The van der Waals surface area contributed by atoms with Crippen LogP contribution in [0.1, 0.15) is 11.1 Å². The van der Waals surface area contributed by atoms with Gasteiger partial charge in [0.25, 0.3) is 0 Å². The van der Waals surface area contributed by atoms with Gasteiger partial charge in [-0.3, -0.25) is 9.10 Å². The van der Waals surface area contributed by atoms with E-state index in [0.717, 1.165) is 35.6 Å². The first-order valence-corrected chi connectivity index (χ1v) is 9.23. The Bertz CT molecular complexity index is 894. The molecule has 0 atom stereocenters. The molecule has 0 aliphatic carbocycles. The van der Waals surface area contributed by atoms with Gasteiger partial charge >= 0.3 is 0 Å². The lowest BCUT2D eigenvalue weighted by molar-refractivity contribution is -0.114. The number of anilines is 2. The van der Waals surface area contributed by atoms with Gasteiger partial charge in [-0.05, 0) is 49.2 Å². The number of halogens is 2. The number of carbonyl (C=O) groups is 1. The minimum Gasteiger partial charge on any atom is -0.325 e. The number of hydrogen-bond donors (Lipinski definition) is 1. The normalized spacial score (nSPS) is 11.2. The predicted molar refractivity (Wildman–Crippen MR) is 93.1 cm³/mol. The Morgan fingerprint density at radius 1 is 1.08 bits per heavy atom. The zero-order valence-electron chi connectivity index (χ0n) is 14.0. The van der Waals surface area contributed by atoms with Crippen molar-refractivity contribution in [3.8, 4) is 0 Å². The van der Waals surface area contributed by atoms with E-state index in [1.165, 1.54) is 0 Å². The van der Waals surface area contributed by atoms with Crippen LogP contribution in [0.15, 0.2) is 36.4 Å². The average Bonchev–Trinajstić information content (AvgIpc) is 2.49. The summed E-state index contributed by atoms with van der Waals surface area (Å²) in [5.41, 5.74) is 1.66. The van der Waals surface area contributed by atoms with Gasteiger partial charge in [-0.25, -0.2) is 17.2 Å². The van der Waals surface area contributed by atoms with Crippen LogP contribution in [0.5, 0.6) is 0 Å². The molecule has 0 aliphatic rings. The summed E-state index contributed by atoms with van der Waals surface area (Å²) in [7, 11) is -4.07. The monoisotopic (exact) mass is 368 g/mol. The van der Waals surface area contributed by atoms with Crippen molar-refractivity contribution in [1.29, 1.82) is 0 Å². The summed E-state index contributed by atoms with van der Waals surface area (Å²) in [5, 5.41) is 2.53. The predicted octanol–water partition coefficient (Wildman–Crippen LogP) is 2.99. The van der Waals surface area contributed by atoms with Gasteiger partial charge in [-0.1, -0.05) is 12.1 Å². The maximum atomic E-state index is 13.9. The van der Waals surface area contributed by atoms with Crippen molar-refractivity contribution >= 4 is 27.3 Å². The molecule has 0 saturated carbocycles. The largest absolute Gasteiger partial charge is 0.325 e. The molecule has 2 aromatic carbocycles. The van der Waals surface area contributed by atoms with E-state index < -0.39 is 39.8 Å². The number of benzene rings is 2. The van der Waals surface area contributed by atoms with Crippen LogP contribution >= 0.6 is 0 Å². The molecule has 1 N–H and O–H groups in total. The first-order valence-electron chi connectivity index (χ1n) is 7.38. The Morgan fingerprint density at radius 2 is 1.68 bits per heavy atom. The Balaban J connectivity index is 2.29. The number of sulfonamides is 1. The van der Waals surface area contributed by atoms with Gasteiger partial charge in [0.05, 0.1) is 6.26 Å². The molecule has 0 fully saturated rings. The molecule has 0 saturated heterocycles. The van der Waals surface area contributed by atoms with Crippen molar-refractivity contribution in [2.75, 3.05) is 22.4 Å². The summed E-state index contributed by atoms with van der Waals surface area (Å²) in [4.78, 5) is 12.2. The van der Waals surface area contributed by atoms with E-state index in [9.17, 15) is 22.0 Å². The van der Waals surface area contributed by atoms with E-state index in [1.807, 2.05) is 13.8 Å². The fourth-order valence-electron chi connectivity index (χ4n) is 2.24. The van der Waals surface area contributed by atoms with Crippen LogP contribution in [0.2, 0.25) is 0 Å². The van der Waals surface area contributed by atoms with Crippen LogP contribution in [0, 0.1) is 25.5 Å². The third-order valence-electron chi connectivity index (χ3n) is 3.67. The van der Waals surface area contributed by atoms with E-state index >= 15 is 0 Å². The van der Waals surface area contributed by atoms with Crippen LogP contribution in [0.4, 0.5) is 20.2 Å². The highest BCUT2D eigenvalue weighted by Crippen LogP contribution is 2.25. The highest BCUT2D eigenvalue weighted by Gasteiger charge is 2.26. The van der Waals surface area contributed by atoms with Gasteiger partial charge in [0.2, 0.25) is 15.9 Å².